The van der Waals surface area contributed by atoms with Gasteiger partial charge < -0.3 is 15.2 Å². The lowest BCUT2D eigenvalue weighted by Crippen LogP contribution is -2.39. The SMILES string of the molecule is CCC(N)(CCC1(c2ccccc2)OCCO1)c1ccccc1. The van der Waals surface area contributed by atoms with Gasteiger partial charge in [0.2, 0.25) is 0 Å². The fourth-order valence-corrected chi connectivity index (χ4v) is 3.29. The monoisotopic (exact) mass is 311 g/mol. The van der Waals surface area contributed by atoms with E-state index in [1.54, 1.807) is 0 Å². The quantitative estimate of drug-likeness (QED) is 0.879. The van der Waals surface area contributed by atoms with Gasteiger partial charge >= 0.3 is 0 Å². The fraction of sp³-hybridized carbons (Fsp3) is 0.400. The third-order valence-electron chi connectivity index (χ3n) is 4.85. The number of nitrogens with two attached hydrogens (primary N) is 1. The molecule has 1 unspecified atom stereocenters. The molecule has 2 N–H and O–H groups in total. The van der Waals surface area contributed by atoms with Crippen LogP contribution in [0.5, 0.6) is 0 Å². The van der Waals surface area contributed by atoms with Crippen molar-refractivity contribution in [2.75, 3.05) is 13.2 Å². The van der Waals surface area contributed by atoms with Gasteiger partial charge in [0.25, 0.3) is 0 Å². The van der Waals surface area contributed by atoms with Crippen LogP contribution in [0.15, 0.2) is 60.7 Å². The number of benzene rings is 2. The Morgan fingerprint density at radius 3 is 2.09 bits per heavy atom. The van der Waals surface area contributed by atoms with E-state index in [1.807, 2.05) is 36.4 Å². The summed E-state index contributed by atoms with van der Waals surface area (Å²) in [5, 5.41) is 0. The van der Waals surface area contributed by atoms with Crippen LogP contribution in [0, 0.1) is 0 Å². The molecule has 2 aromatic rings. The molecule has 1 saturated heterocycles. The van der Waals surface area contributed by atoms with E-state index in [9.17, 15) is 0 Å². The topological polar surface area (TPSA) is 44.5 Å². The van der Waals surface area contributed by atoms with Crippen molar-refractivity contribution in [1.82, 2.24) is 0 Å². The van der Waals surface area contributed by atoms with Crippen LogP contribution in [-0.4, -0.2) is 13.2 Å². The van der Waals surface area contributed by atoms with E-state index < -0.39 is 5.79 Å². The van der Waals surface area contributed by atoms with Crippen LogP contribution in [-0.2, 0) is 20.8 Å². The van der Waals surface area contributed by atoms with Crippen molar-refractivity contribution in [2.24, 2.45) is 5.73 Å². The Kier molecular flexibility index (Phi) is 4.81. The lowest BCUT2D eigenvalue weighted by molar-refractivity contribution is -0.174. The first-order valence-corrected chi connectivity index (χ1v) is 8.36. The summed E-state index contributed by atoms with van der Waals surface area (Å²) in [6.45, 7) is 3.40. The molecule has 3 heteroatoms. The lowest BCUT2D eigenvalue weighted by atomic mass is 9.82. The van der Waals surface area contributed by atoms with Crippen molar-refractivity contribution in [3.05, 3.63) is 71.8 Å². The van der Waals surface area contributed by atoms with Crippen LogP contribution in [0.4, 0.5) is 0 Å². The van der Waals surface area contributed by atoms with Crippen molar-refractivity contribution in [3.63, 3.8) is 0 Å². The number of hydrogen-bond acceptors (Lipinski definition) is 3. The van der Waals surface area contributed by atoms with Crippen LogP contribution < -0.4 is 5.73 Å². The summed E-state index contributed by atoms with van der Waals surface area (Å²) in [5.74, 6) is -0.657. The molecule has 2 aromatic carbocycles. The third kappa shape index (κ3) is 3.32. The zero-order valence-electron chi connectivity index (χ0n) is 13.7. The van der Waals surface area contributed by atoms with Crippen LogP contribution in [0.3, 0.4) is 0 Å². The van der Waals surface area contributed by atoms with E-state index in [0.29, 0.717) is 13.2 Å². The van der Waals surface area contributed by atoms with Gasteiger partial charge in [0.15, 0.2) is 5.79 Å². The van der Waals surface area contributed by atoms with Gasteiger partial charge in [-0.1, -0.05) is 67.6 Å². The summed E-state index contributed by atoms with van der Waals surface area (Å²) in [6, 6.07) is 20.5. The Hall–Kier alpha value is -1.68. The molecule has 0 spiro atoms. The second kappa shape index (κ2) is 6.83. The summed E-state index contributed by atoms with van der Waals surface area (Å²) in [7, 11) is 0. The molecule has 0 radical (unpaired) electrons. The summed E-state index contributed by atoms with van der Waals surface area (Å²) in [6.07, 6.45) is 2.43. The van der Waals surface area contributed by atoms with Gasteiger partial charge in [-0.15, -0.1) is 0 Å². The van der Waals surface area contributed by atoms with Crippen molar-refractivity contribution >= 4 is 0 Å². The summed E-state index contributed by atoms with van der Waals surface area (Å²) in [5.41, 5.74) is 8.60. The first kappa shape index (κ1) is 16.2. The minimum Gasteiger partial charge on any atom is -0.343 e. The van der Waals surface area contributed by atoms with Crippen molar-refractivity contribution in [3.8, 4) is 0 Å². The second-order valence-electron chi connectivity index (χ2n) is 6.19. The Bertz CT molecular complexity index is 608. The Morgan fingerprint density at radius 1 is 0.957 bits per heavy atom. The first-order chi connectivity index (χ1) is 11.2. The summed E-state index contributed by atoms with van der Waals surface area (Å²) in [4.78, 5) is 0. The average Bonchev–Trinajstić information content (AvgIpc) is 3.11. The molecule has 0 saturated carbocycles. The second-order valence-corrected chi connectivity index (χ2v) is 6.19. The number of ether oxygens (including phenoxy) is 2. The maximum absolute atomic E-state index is 6.72. The van der Waals surface area contributed by atoms with Crippen LogP contribution in [0.25, 0.3) is 0 Å². The Balaban J connectivity index is 1.82. The van der Waals surface area contributed by atoms with Gasteiger partial charge in [0.05, 0.1) is 13.2 Å². The van der Waals surface area contributed by atoms with Gasteiger partial charge in [-0.3, -0.25) is 0 Å². The smallest absolute Gasteiger partial charge is 0.195 e. The van der Waals surface area contributed by atoms with Crippen LogP contribution >= 0.6 is 0 Å². The molecule has 0 bridgehead atoms. The molecule has 122 valence electrons. The van der Waals surface area contributed by atoms with Crippen molar-refractivity contribution in [1.29, 1.82) is 0 Å². The molecule has 1 fully saturated rings. The maximum atomic E-state index is 6.72. The highest BCUT2D eigenvalue weighted by Crippen LogP contribution is 2.39. The standard InChI is InChI=1S/C20H25NO2/c1-2-19(21,17-9-5-3-6-10-17)13-14-20(22-15-16-23-20)18-11-7-4-8-12-18/h3-12H,2,13-16,21H2,1H3. The van der Waals surface area contributed by atoms with Gasteiger partial charge in [-0.2, -0.15) is 0 Å². The molecule has 0 aliphatic carbocycles. The van der Waals surface area contributed by atoms with Gasteiger partial charge in [0.1, 0.15) is 0 Å². The largest absolute Gasteiger partial charge is 0.343 e. The zero-order valence-corrected chi connectivity index (χ0v) is 13.7. The molecular weight excluding hydrogens is 286 g/mol. The van der Waals surface area contributed by atoms with Crippen LogP contribution in [0.2, 0.25) is 0 Å². The molecule has 3 nitrogen and oxygen atoms in total. The van der Waals surface area contributed by atoms with Gasteiger partial charge in [-0.05, 0) is 18.4 Å². The molecule has 1 heterocycles. The molecule has 1 aliphatic heterocycles. The number of hydrogen-bond donors (Lipinski definition) is 1. The van der Waals surface area contributed by atoms with E-state index in [-0.39, 0.29) is 5.54 Å². The van der Waals surface area contributed by atoms with E-state index in [0.717, 1.165) is 24.8 Å². The van der Waals surface area contributed by atoms with Crippen LogP contribution in [0.1, 0.15) is 37.3 Å². The fourth-order valence-electron chi connectivity index (χ4n) is 3.29. The molecule has 23 heavy (non-hydrogen) atoms. The average molecular weight is 311 g/mol. The van der Waals surface area contributed by atoms with E-state index in [1.165, 1.54) is 5.56 Å². The predicted octanol–water partition coefficient (Wildman–Crippen LogP) is 3.93. The molecule has 1 aliphatic rings. The van der Waals surface area contributed by atoms with Gasteiger partial charge in [-0.25, -0.2) is 0 Å². The van der Waals surface area contributed by atoms with E-state index in [2.05, 4.69) is 31.2 Å². The van der Waals surface area contributed by atoms with E-state index >= 15 is 0 Å². The van der Waals surface area contributed by atoms with Gasteiger partial charge in [0, 0.05) is 17.5 Å². The molecular formula is C20H25NO2. The maximum Gasteiger partial charge on any atom is 0.195 e. The minimum atomic E-state index is -0.657. The summed E-state index contributed by atoms with van der Waals surface area (Å²) >= 11 is 0. The molecule has 0 amide bonds. The molecule has 3 rings (SSSR count). The van der Waals surface area contributed by atoms with Crippen molar-refractivity contribution in [2.45, 2.75) is 37.5 Å². The minimum absolute atomic E-state index is 0.363. The predicted molar refractivity (Wildman–Crippen MR) is 91.9 cm³/mol. The van der Waals surface area contributed by atoms with Crippen molar-refractivity contribution < 1.29 is 9.47 Å². The number of rotatable bonds is 6. The molecule has 1 atom stereocenters. The highest BCUT2D eigenvalue weighted by atomic mass is 16.7. The third-order valence-corrected chi connectivity index (χ3v) is 4.85. The highest BCUT2D eigenvalue weighted by Gasteiger charge is 2.40. The summed E-state index contributed by atoms with van der Waals surface area (Å²) < 4.78 is 12.0. The lowest BCUT2D eigenvalue weighted by Gasteiger charge is -2.34. The molecule has 0 aromatic heterocycles. The van der Waals surface area contributed by atoms with E-state index in [4.69, 9.17) is 15.2 Å². The zero-order chi connectivity index (χ0) is 16.2. The Labute approximate surface area is 138 Å². The normalized spacial score (nSPS) is 19.4. The highest BCUT2D eigenvalue weighted by molar-refractivity contribution is 5.25. The first-order valence-electron chi connectivity index (χ1n) is 8.36. The Morgan fingerprint density at radius 2 is 1.52 bits per heavy atom.